The Balaban J connectivity index is 2.30. The lowest BCUT2D eigenvalue weighted by molar-refractivity contribution is -0.145. The van der Waals surface area contributed by atoms with E-state index in [9.17, 15) is 19.5 Å². The molecular weight excluding hydrogens is 364 g/mol. The summed E-state index contributed by atoms with van der Waals surface area (Å²) in [6.07, 6.45) is 1.14. The number of rotatable bonds is 6. The molecule has 0 aliphatic carbocycles. The minimum atomic E-state index is -0.916. The van der Waals surface area contributed by atoms with Gasteiger partial charge in [0.2, 0.25) is 0 Å². The molecule has 1 fully saturated rings. The molecule has 0 unspecified atom stereocenters. The number of amides is 2. The van der Waals surface area contributed by atoms with Crippen molar-refractivity contribution in [3.63, 3.8) is 0 Å². The molecule has 2 amide bonds. The molecule has 1 saturated heterocycles. The molecule has 0 bridgehead atoms. The van der Waals surface area contributed by atoms with Crippen molar-refractivity contribution in [1.82, 2.24) is 4.90 Å². The van der Waals surface area contributed by atoms with Crippen LogP contribution in [0.1, 0.15) is 30.1 Å². The number of ether oxygens (including phenoxy) is 2. The van der Waals surface area contributed by atoms with Crippen molar-refractivity contribution in [3.8, 4) is 11.5 Å². The van der Waals surface area contributed by atoms with Gasteiger partial charge in [-0.25, -0.2) is 0 Å². The third kappa shape index (κ3) is 4.19. The fourth-order valence-electron chi connectivity index (χ4n) is 3.05. The molecule has 9 heteroatoms. The number of halogens is 1. The number of carboxylic acid groups (broad SMARTS) is 1. The topological polar surface area (TPSA) is 119 Å². The normalized spacial score (nSPS) is 19.7. The Morgan fingerprint density at radius 3 is 2.65 bits per heavy atom. The van der Waals surface area contributed by atoms with Gasteiger partial charge in [0.05, 0.1) is 18.1 Å². The first-order chi connectivity index (χ1) is 12.3. The molecule has 1 aliphatic heterocycles. The van der Waals surface area contributed by atoms with Gasteiger partial charge in [0, 0.05) is 18.2 Å². The third-order valence-corrected chi connectivity index (χ3v) is 4.68. The zero-order valence-corrected chi connectivity index (χ0v) is 15.3. The number of hydrogen-bond acceptors (Lipinski definition) is 5. The van der Waals surface area contributed by atoms with Crippen molar-refractivity contribution in [2.24, 2.45) is 11.7 Å². The van der Waals surface area contributed by atoms with Crippen LogP contribution in [0.15, 0.2) is 12.1 Å². The van der Waals surface area contributed by atoms with E-state index in [4.69, 9.17) is 26.8 Å². The number of carboxylic acids is 1. The highest BCUT2D eigenvalue weighted by Crippen LogP contribution is 2.37. The van der Waals surface area contributed by atoms with Gasteiger partial charge < -0.3 is 25.2 Å². The summed E-state index contributed by atoms with van der Waals surface area (Å²) < 4.78 is 10.4. The van der Waals surface area contributed by atoms with Crippen molar-refractivity contribution in [2.75, 3.05) is 20.3 Å². The predicted octanol–water partition coefficient (Wildman–Crippen LogP) is 1.54. The molecule has 0 spiro atoms. The molecule has 0 radical (unpaired) electrons. The van der Waals surface area contributed by atoms with E-state index in [2.05, 4.69) is 0 Å². The number of carbonyl (C=O) groups excluding carboxylic acids is 2. The smallest absolute Gasteiger partial charge is 0.308 e. The van der Waals surface area contributed by atoms with E-state index in [1.807, 2.05) is 0 Å². The molecule has 1 aliphatic rings. The lowest BCUT2D eigenvalue weighted by Gasteiger charge is -2.37. The molecule has 3 N–H and O–H groups in total. The summed E-state index contributed by atoms with van der Waals surface area (Å²) in [5, 5.41) is 9.40. The van der Waals surface area contributed by atoms with Crippen LogP contribution in [-0.2, 0) is 9.59 Å². The van der Waals surface area contributed by atoms with E-state index in [1.54, 1.807) is 6.92 Å². The zero-order valence-electron chi connectivity index (χ0n) is 14.5. The highest BCUT2D eigenvalue weighted by Gasteiger charge is 2.36. The lowest BCUT2D eigenvalue weighted by atomic mass is 9.90. The largest absolute Gasteiger partial charge is 0.493 e. The van der Waals surface area contributed by atoms with Crippen molar-refractivity contribution >= 4 is 29.4 Å². The van der Waals surface area contributed by atoms with Crippen molar-refractivity contribution in [2.45, 2.75) is 25.8 Å². The molecule has 26 heavy (non-hydrogen) atoms. The summed E-state index contributed by atoms with van der Waals surface area (Å²) in [7, 11) is 1.38. The number of nitrogens with two attached hydrogens (primary N) is 1. The molecule has 0 aromatic heterocycles. The quantitative estimate of drug-likeness (QED) is 0.767. The third-order valence-electron chi connectivity index (χ3n) is 4.40. The van der Waals surface area contributed by atoms with E-state index in [0.29, 0.717) is 19.4 Å². The maximum Gasteiger partial charge on any atom is 0.308 e. The highest BCUT2D eigenvalue weighted by molar-refractivity contribution is 6.32. The maximum absolute atomic E-state index is 12.9. The van der Waals surface area contributed by atoms with Crippen LogP contribution in [0.4, 0.5) is 0 Å². The van der Waals surface area contributed by atoms with E-state index in [-0.39, 0.29) is 34.6 Å². The average molecular weight is 385 g/mol. The van der Waals surface area contributed by atoms with E-state index in [1.165, 1.54) is 24.1 Å². The van der Waals surface area contributed by atoms with Gasteiger partial charge in [0.25, 0.3) is 11.8 Å². The van der Waals surface area contributed by atoms with Gasteiger partial charge in [-0.3, -0.25) is 14.4 Å². The average Bonchev–Trinajstić information content (AvgIpc) is 2.59. The van der Waals surface area contributed by atoms with Crippen LogP contribution in [0.3, 0.4) is 0 Å². The summed E-state index contributed by atoms with van der Waals surface area (Å²) >= 11 is 6.17. The number of methoxy groups -OCH3 is 1. The van der Waals surface area contributed by atoms with Crippen LogP contribution in [-0.4, -0.2) is 54.1 Å². The molecule has 8 nitrogen and oxygen atoms in total. The molecule has 1 aromatic carbocycles. The van der Waals surface area contributed by atoms with Crippen LogP contribution < -0.4 is 15.2 Å². The van der Waals surface area contributed by atoms with Crippen molar-refractivity contribution in [1.29, 1.82) is 0 Å². The number of primary amides is 1. The van der Waals surface area contributed by atoms with Crippen LogP contribution in [0.25, 0.3) is 0 Å². The zero-order chi connectivity index (χ0) is 19.4. The number of likely N-dealkylation sites (tertiary alicyclic amines) is 1. The molecule has 2 rings (SSSR count). The minimum Gasteiger partial charge on any atom is -0.493 e. The van der Waals surface area contributed by atoms with E-state index < -0.39 is 23.8 Å². The number of aliphatic carboxylic acids is 1. The van der Waals surface area contributed by atoms with Crippen LogP contribution in [0, 0.1) is 5.92 Å². The first-order valence-corrected chi connectivity index (χ1v) is 8.46. The lowest BCUT2D eigenvalue weighted by Crippen LogP contribution is -2.49. The first-order valence-electron chi connectivity index (χ1n) is 8.08. The Hall–Kier alpha value is -2.48. The van der Waals surface area contributed by atoms with Crippen LogP contribution >= 0.6 is 11.6 Å². The second-order valence-electron chi connectivity index (χ2n) is 6.07. The number of hydrogen-bond donors (Lipinski definition) is 2. The summed E-state index contributed by atoms with van der Waals surface area (Å²) in [5.74, 6) is -2.25. The standard InChI is InChI=1S/C17H21ClN2O6/c1-9-11(17(23)24)4-3-5-20(9)16(22)10-6-12(18)15(13(7-10)25-2)26-8-14(19)21/h6-7,9,11H,3-5,8H2,1-2H3,(H2,19,21)(H,23,24)/t9-,11-/m0/s1. The summed E-state index contributed by atoms with van der Waals surface area (Å²) in [6.45, 7) is 1.80. The summed E-state index contributed by atoms with van der Waals surface area (Å²) in [4.78, 5) is 36.7. The van der Waals surface area contributed by atoms with Crippen LogP contribution in [0.2, 0.25) is 5.02 Å². The maximum atomic E-state index is 12.9. The Kier molecular flexibility index (Phi) is 6.31. The monoisotopic (exact) mass is 384 g/mol. The molecule has 1 heterocycles. The molecular formula is C17H21ClN2O6. The fourth-order valence-corrected chi connectivity index (χ4v) is 3.32. The van der Waals surface area contributed by atoms with E-state index in [0.717, 1.165) is 0 Å². The number of nitrogens with zero attached hydrogens (tertiary/aromatic N) is 1. The van der Waals surface area contributed by atoms with Gasteiger partial charge in [-0.1, -0.05) is 11.6 Å². The Morgan fingerprint density at radius 1 is 1.38 bits per heavy atom. The predicted molar refractivity (Wildman–Crippen MR) is 93.6 cm³/mol. The molecule has 142 valence electrons. The van der Waals surface area contributed by atoms with Gasteiger partial charge in [0.1, 0.15) is 0 Å². The first kappa shape index (κ1) is 19.8. The second-order valence-corrected chi connectivity index (χ2v) is 6.48. The van der Waals surface area contributed by atoms with Gasteiger partial charge in [-0.15, -0.1) is 0 Å². The molecule has 1 aromatic rings. The second kappa shape index (κ2) is 8.27. The Morgan fingerprint density at radius 2 is 2.08 bits per heavy atom. The minimum absolute atomic E-state index is 0.0911. The Bertz CT molecular complexity index is 723. The Labute approximate surface area is 155 Å². The van der Waals surface area contributed by atoms with Crippen molar-refractivity contribution in [3.05, 3.63) is 22.7 Å². The number of piperidine rings is 1. The molecule has 0 saturated carbocycles. The van der Waals surface area contributed by atoms with Crippen molar-refractivity contribution < 1.29 is 29.0 Å². The fraction of sp³-hybridized carbons (Fsp3) is 0.471. The summed E-state index contributed by atoms with van der Waals surface area (Å²) in [5.41, 5.74) is 5.30. The van der Waals surface area contributed by atoms with Crippen LogP contribution in [0.5, 0.6) is 11.5 Å². The van der Waals surface area contributed by atoms with Gasteiger partial charge in [-0.05, 0) is 31.9 Å². The highest BCUT2D eigenvalue weighted by atomic mass is 35.5. The summed E-state index contributed by atoms with van der Waals surface area (Å²) in [6, 6.07) is 2.41. The SMILES string of the molecule is COc1cc(C(=O)N2CCC[C@H](C(=O)O)[C@@H]2C)cc(Cl)c1OCC(N)=O. The number of benzene rings is 1. The van der Waals surface area contributed by atoms with Gasteiger partial charge in [-0.2, -0.15) is 0 Å². The van der Waals surface area contributed by atoms with E-state index >= 15 is 0 Å². The van der Waals surface area contributed by atoms with Gasteiger partial charge >= 0.3 is 5.97 Å². The molecule has 2 atom stereocenters. The van der Waals surface area contributed by atoms with Gasteiger partial charge in [0.15, 0.2) is 18.1 Å². The number of carbonyl (C=O) groups is 3.